The van der Waals surface area contributed by atoms with E-state index < -0.39 is 34.3 Å². The normalized spacial score (nSPS) is 12.8. The Kier molecular flexibility index (Phi) is 4.09. The lowest BCUT2D eigenvalue weighted by atomic mass is 9.85. The van der Waals surface area contributed by atoms with E-state index in [1.807, 2.05) is 0 Å². The molecule has 5 heteroatoms. The zero-order valence-corrected chi connectivity index (χ0v) is 10.9. The molecule has 0 bridgehead atoms. The van der Waals surface area contributed by atoms with Gasteiger partial charge in [-0.2, -0.15) is 0 Å². The number of Topliss-reactive ketones (excluding diaryl/α,β-unsaturated/α-hetero) is 1. The molecule has 1 aromatic carbocycles. The standard InChI is InChI=1S/C14H15FO4/c1-14(2,3)12(17)10(13(18)19)11(16)8-4-6-9(15)7-5-8/h4-7,16H,1-3H3,(H,18,19). The SMILES string of the molecule is CC(C)(C)C(=O)C(C(=O)O)=C(O)c1ccc(F)cc1. The summed E-state index contributed by atoms with van der Waals surface area (Å²) in [6.07, 6.45) is 0. The lowest BCUT2D eigenvalue weighted by molar-refractivity contribution is -0.136. The summed E-state index contributed by atoms with van der Waals surface area (Å²) >= 11 is 0. The minimum atomic E-state index is -1.51. The maximum atomic E-state index is 12.8. The summed E-state index contributed by atoms with van der Waals surface area (Å²) in [5.41, 5.74) is -1.56. The second kappa shape index (κ2) is 5.22. The summed E-state index contributed by atoms with van der Waals surface area (Å²) in [5.74, 6) is -3.38. The van der Waals surface area contributed by atoms with Gasteiger partial charge >= 0.3 is 5.97 Å². The highest BCUT2D eigenvalue weighted by molar-refractivity contribution is 6.22. The van der Waals surface area contributed by atoms with Crippen molar-refractivity contribution >= 4 is 17.5 Å². The van der Waals surface area contributed by atoms with Gasteiger partial charge in [-0.15, -0.1) is 0 Å². The number of aliphatic carboxylic acids is 1. The molecule has 0 saturated carbocycles. The first kappa shape index (κ1) is 14.9. The fourth-order valence-corrected chi connectivity index (χ4v) is 1.43. The maximum absolute atomic E-state index is 12.8. The third-order valence-corrected chi connectivity index (χ3v) is 2.48. The number of carboxylic acid groups (broad SMARTS) is 1. The van der Waals surface area contributed by atoms with Crippen LogP contribution in [0.4, 0.5) is 4.39 Å². The highest BCUT2D eigenvalue weighted by Crippen LogP contribution is 2.25. The van der Waals surface area contributed by atoms with Crippen LogP contribution in [0.5, 0.6) is 0 Å². The molecular weight excluding hydrogens is 251 g/mol. The smallest absolute Gasteiger partial charge is 0.343 e. The van der Waals surface area contributed by atoms with Crippen LogP contribution in [-0.4, -0.2) is 22.0 Å². The van der Waals surface area contributed by atoms with Crippen molar-refractivity contribution in [3.63, 3.8) is 0 Å². The van der Waals surface area contributed by atoms with Gasteiger partial charge in [-0.05, 0) is 24.3 Å². The van der Waals surface area contributed by atoms with Gasteiger partial charge in [0.25, 0.3) is 0 Å². The van der Waals surface area contributed by atoms with E-state index >= 15 is 0 Å². The predicted molar refractivity (Wildman–Crippen MR) is 68.0 cm³/mol. The molecule has 19 heavy (non-hydrogen) atoms. The molecule has 0 amide bonds. The number of carbonyl (C=O) groups excluding carboxylic acids is 1. The molecule has 0 aliphatic rings. The van der Waals surface area contributed by atoms with E-state index in [9.17, 15) is 19.1 Å². The highest BCUT2D eigenvalue weighted by Gasteiger charge is 2.32. The number of aliphatic hydroxyl groups is 1. The van der Waals surface area contributed by atoms with E-state index in [0.717, 1.165) is 12.1 Å². The van der Waals surface area contributed by atoms with Gasteiger partial charge in [0.2, 0.25) is 0 Å². The summed E-state index contributed by atoms with van der Waals surface area (Å²) < 4.78 is 12.8. The van der Waals surface area contributed by atoms with Crippen LogP contribution in [0.2, 0.25) is 0 Å². The van der Waals surface area contributed by atoms with Crippen molar-refractivity contribution in [2.75, 3.05) is 0 Å². The molecule has 0 heterocycles. The summed E-state index contributed by atoms with van der Waals surface area (Å²) in [7, 11) is 0. The van der Waals surface area contributed by atoms with Crippen LogP contribution >= 0.6 is 0 Å². The zero-order valence-electron chi connectivity index (χ0n) is 10.9. The van der Waals surface area contributed by atoms with E-state index in [1.54, 1.807) is 20.8 Å². The highest BCUT2D eigenvalue weighted by atomic mass is 19.1. The van der Waals surface area contributed by atoms with Crippen LogP contribution in [-0.2, 0) is 9.59 Å². The molecule has 0 fully saturated rings. The average Bonchev–Trinajstić information content (AvgIpc) is 2.28. The lowest BCUT2D eigenvalue weighted by Crippen LogP contribution is -2.27. The first-order chi connectivity index (χ1) is 8.64. The topological polar surface area (TPSA) is 74.6 Å². The number of carbonyl (C=O) groups is 2. The van der Waals surface area contributed by atoms with Crippen molar-refractivity contribution in [2.24, 2.45) is 5.41 Å². The molecule has 1 aromatic rings. The van der Waals surface area contributed by atoms with Crippen LogP contribution in [0.25, 0.3) is 5.76 Å². The number of carboxylic acids is 1. The molecule has 1 rings (SSSR count). The van der Waals surface area contributed by atoms with Gasteiger partial charge in [0.1, 0.15) is 17.1 Å². The van der Waals surface area contributed by atoms with Crippen molar-refractivity contribution in [3.8, 4) is 0 Å². The van der Waals surface area contributed by atoms with Gasteiger partial charge in [0, 0.05) is 11.0 Å². The molecule has 0 saturated heterocycles. The first-order valence-corrected chi connectivity index (χ1v) is 5.62. The number of hydrogen-bond acceptors (Lipinski definition) is 3. The third-order valence-electron chi connectivity index (χ3n) is 2.48. The van der Waals surface area contributed by atoms with Crippen LogP contribution in [0.15, 0.2) is 29.8 Å². The van der Waals surface area contributed by atoms with Gasteiger partial charge in [-0.1, -0.05) is 20.8 Å². The molecule has 0 aliphatic carbocycles. The summed E-state index contributed by atoms with van der Waals surface area (Å²) in [6, 6.07) is 4.58. The quantitative estimate of drug-likeness (QED) is 0.382. The van der Waals surface area contributed by atoms with Crippen LogP contribution in [0.1, 0.15) is 26.3 Å². The Labute approximate surface area is 110 Å². The van der Waals surface area contributed by atoms with E-state index in [0.29, 0.717) is 0 Å². The molecule has 0 unspecified atom stereocenters. The Hall–Kier alpha value is -2.17. The molecule has 0 atom stereocenters. The largest absolute Gasteiger partial charge is 0.506 e. The minimum Gasteiger partial charge on any atom is -0.506 e. The first-order valence-electron chi connectivity index (χ1n) is 5.62. The minimum absolute atomic E-state index is 0.0800. The van der Waals surface area contributed by atoms with Crippen molar-refractivity contribution in [2.45, 2.75) is 20.8 Å². The van der Waals surface area contributed by atoms with Gasteiger partial charge in [-0.3, -0.25) is 4.79 Å². The molecule has 0 radical (unpaired) electrons. The second-order valence-corrected chi connectivity index (χ2v) is 5.11. The number of aliphatic hydroxyl groups excluding tert-OH is 1. The number of hydrogen-bond donors (Lipinski definition) is 2. The van der Waals surface area contributed by atoms with Gasteiger partial charge in [0.05, 0.1) is 0 Å². The van der Waals surface area contributed by atoms with Crippen molar-refractivity contribution in [1.29, 1.82) is 0 Å². The van der Waals surface area contributed by atoms with E-state index in [1.165, 1.54) is 12.1 Å². The third kappa shape index (κ3) is 3.40. The summed E-state index contributed by atoms with van der Waals surface area (Å²) in [5, 5.41) is 19.0. The lowest BCUT2D eigenvalue weighted by Gasteiger charge is -2.17. The van der Waals surface area contributed by atoms with Gasteiger partial charge < -0.3 is 10.2 Å². The molecule has 0 aromatic heterocycles. The summed E-state index contributed by atoms with van der Waals surface area (Å²) in [4.78, 5) is 23.2. The number of rotatable bonds is 3. The van der Waals surface area contributed by atoms with Crippen molar-refractivity contribution < 1.29 is 24.2 Å². The van der Waals surface area contributed by atoms with Crippen LogP contribution in [0, 0.1) is 11.2 Å². The Morgan fingerprint density at radius 1 is 1.05 bits per heavy atom. The molecular formula is C14H15FO4. The Balaban J connectivity index is 3.38. The fraction of sp³-hybridized carbons (Fsp3) is 0.286. The molecule has 4 nitrogen and oxygen atoms in total. The average molecular weight is 266 g/mol. The zero-order chi connectivity index (χ0) is 14.8. The number of benzene rings is 1. The summed E-state index contributed by atoms with van der Waals surface area (Å²) in [6.45, 7) is 4.66. The fourth-order valence-electron chi connectivity index (χ4n) is 1.43. The van der Waals surface area contributed by atoms with Gasteiger partial charge in [0.15, 0.2) is 5.78 Å². The predicted octanol–water partition coefficient (Wildman–Crippen LogP) is 2.79. The van der Waals surface area contributed by atoms with Gasteiger partial charge in [-0.25, -0.2) is 9.18 Å². The van der Waals surface area contributed by atoms with E-state index in [2.05, 4.69) is 0 Å². The Morgan fingerprint density at radius 2 is 1.53 bits per heavy atom. The second-order valence-electron chi connectivity index (χ2n) is 5.11. The van der Waals surface area contributed by atoms with Crippen LogP contribution in [0.3, 0.4) is 0 Å². The Morgan fingerprint density at radius 3 is 1.89 bits per heavy atom. The van der Waals surface area contributed by atoms with Crippen molar-refractivity contribution in [3.05, 3.63) is 41.2 Å². The maximum Gasteiger partial charge on any atom is 0.343 e. The Bertz CT molecular complexity index is 536. The molecule has 0 aliphatic heterocycles. The molecule has 2 N–H and O–H groups in total. The molecule has 0 spiro atoms. The monoisotopic (exact) mass is 266 g/mol. The van der Waals surface area contributed by atoms with E-state index in [-0.39, 0.29) is 5.56 Å². The van der Waals surface area contributed by atoms with E-state index in [4.69, 9.17) is 5.11 Å². The molecule has 102 valence electrons. The number of ketones is 1. The van der Waals surface area contributed by atoms with Crippen molar-refractivity contribution in [1.82, 2.24) is 0 Å². The van der Waals surface area contributed by atoms with Crippen LogP contribution < -0.4 is 0 Å². The number of halogens is 1.